The number of hydrogen-bond acceptors (Lipinski definition) is 5. The molecule has 1 saturated heterocycles. The van der Waals surface area contributed by atoms with E-state index in [4.69, 9.17) is 15.2 Å². The van der Waals surface area contributed by atoms with Gasteiger partial charge in [0.05, 0.1) is 19.8 Å². The van der Waals surface area contributed by atoms with Gasteiger partial charge in [0, 0.05) is 27.6 Å². The third-order valence-corrected chi connectivity index (χ3v) is 5.62. The van der Waals surface area contributed by atoms with E-state index in [2.05, 4.69) is 28.2 Å². The molecular formula is C18H25BrN2O3S. The summed E-state index contributed by atoms with van der Waals surface area (Å²) >= 11 is 4.98. The zero-order valence-electron chi connectivity index (χ0n) is 14.7. The third-order valence-electron chi connectivity index (χ3n) is 3.72. The summed E-state index contributed by atoms with van der Waals surface area (Å²) in [4.78, 5) is 12.1. The van der Waals surface area contributed by atoms with E-state index < -0.39 is 5.91 Å². The summed E-state index contributed by atoms with van der Waals surface area (Å²) in [6.45, 7) is 8.39. The number of morpholine rings is 1. The van der Waals surface area contributed by atoms with Gasteiger partial charge in [0.1, 0.15) is 4.88 Å². The number of amides is 1. The van der Waals surface area contributed by atoms with Crippen LogP contribution < -0.4 is 15.8 Å². The number of ether oxygens (including phenoxy) is 2. The molecule has 3 N–H and O–H groups in total. The Labute approximate surface area is 161 Å². The van der Waals surface area contributed by atoms with Gasteiger partial charge in [-0.2, -0.15) is 0 Å². The van der Waals surface area contributed by atoms with Gasteiger partial charge in [0.25, 0.3) is 5.91 Å². The number of benzene rings is 1. The lowest BCUT2D eigenvalue weighted by Crippen LogP contribution is -2.30. The minimum atomic E-state index is -0.428. The van der Waals surface area contributed by atoms with Crippen LogP contribution in [0.3, 0.4) is 0 Å². The number of nitrogens with two attached hydrogens (primary N) is 1. The Bertz CT molecular complexity index is 702. The van der Waals surface area contributed by atoms with E-state index in [1.165, 1.54) is 16.9 Å². The van der Waals surface area contributed by atoms with Crippen LogP contribution in [0.15, 0.2) is 16.6 Å². The lowest BCUT2D eigenvalue weighted by atomic mass is 10.0. The number of hydrogen-bond donors (Lipinski definition) is 2. The number of thiophene rings is 1. The van der Waals surface area contributed by atoms with Gasteiger partial charge in [-0.05, 0) is 31.0 Å². The van der Waals surface area contributed by atoms with Crippen molar-refractivity contribution in [1.29, 1.82) is 0 Å². The van der Waals surface area contributed by atoms with Gasteiger partial charge in [-0.25, -0.2) is 0 Å². The predicted molar refractivity (Wildman–Crippen MR) is 107 cm³/mol. The highest BCUT2D eigenvalue weighted by molar-refractivity contribution is 9.10. The van der Waals surface area contributed by atoms with Gasteiger partial charge < -0.3 is 20.5 Å². The van der Waals surface area contributed by atoms with Gasteiger partial charge in [-0.3, -0.25) is 4.79 Å². The molecule has 1 aliphatic heterocycles. The van der Waals surface area contributed by atoms with Crippen LogP contribution in [0.5, 0.6) is 5.75 Å². The monoisotopic (exact) mass is 428 g/mol. The minimum Gasteiger partial charge on any atom is -0.491 e. The summed E-state index contributed by atoms with van der Waals surface area (Å²) in [7, 11) is 0. The molecule has 1 aromatic heterocycles. The van der Waals surface area contributed by atoms with Crippen LogP contribution in [0, 0.1) is 0 Å². The SMILES string of the molecule is C1COCCN1.CCCc1c(Br)ccc2sc(C(N)=O)c(OCC)c12. The zero-order chi connectivity index (χ0) is 18.2. The number of halogens is 1. The van der Waals surface area contributed by atoms with Crippen LogP contribution in [-0.4, -0.2) is 38.8 Å². The lowest BCUT2D eigenvalue weighted by Gasteiger charge is -2.10. The van der Waals surface area contributed by atoms with Crippen LogP contribution in [0.1, 0.15) is 35.5 Å². The molecular weight excluding hydrogens is 404 g/mol. The quantitative estimate of drug-likeness (QED) is 0.760. The highest BCUT2D eigenvalue weighted by Gasteiger charge is 2.21. The predicted octanol–water partition coefficient (Wildman–Crippen LogP) is 3.72. The number of nitrogens with one attached hydrogen (secondary N) is 1. The molecule has 2 heterocycles. The van der Waals surface area contributed by atoms with Gasteiger partial charge >= 0.3 is 0 Å². The molecule has 0 unspecified atom stereocenters. The zero-order valence-corrected chi connectivity index (χ0v) is 17.1. The van der Waals surface area contributed by atoms with E-state index in [0.29, 0.717) is 17.2 Å². The van der Waals surface area contributed by atoms with Crippen LogP contribution >= 0.6 is 27.3 Å². The molecule has 0 bridgehead atoms. The largest absolute Gasteiger partial charge is 0.491 e. The van der Waals surface area contributed by atoms with Crippen molar-refractivity contribution in [2.75, 3.05) is 32.9 Å². The van der Waals surface area contributed by atoms with Crippen molar-refractivity contribution in [3.05, 3.63) is 27.0 Å². The number of rotatable bonds is 5. The first-order chi connectivity index (χ1) is 12.1. The first-order valence-electron chi connectivity index (χ1n) is 8.55. The van der Waals surface area contributed by atoms with Crippen molar-refractivity contribution < 1.29 is 14.3 Å². The Kier molecular flexibility index (Phi) is 8.15. The summed E-state index contributed by atoms with van der Waals surface area (Å²) in [6, 6.07) is 4.02. The highest BCUT2D eigenvalue weighted by atomic mass is 79.9. The standard InChI is InChI=1S/C14H16BrNO2S.C4H9NO/c1-3-5-8-9(15)6-7-10-11(8)12(18-4-2)13(19-10)14(16)17;1-3-6-4-2-5-1/h6-7H,3-5H2,1-2H3,(H2,16,17);5H,1-4H2. The topological polar surface area (TPSA) is 73.6 Å². The summed E-state index contributed by atoms with van der Waals surface area (Å²) in [5.74, 6) is 0.211. The molecule has 0 spiro atoms. The van der Waals surface area contributed by atoms with E-state index in [1.807, 2.05) is 19.1 Å². The Morgan fingerprint density at radius 2 is 2.08 bits per heavy atom. The van der Waals surface area contributed by atoms with Gasteiger partial charge in [0.15, 0.2) is 5.75 Å². The first kappa shape index (κ1) is 20.2. The van der Waals surface area contributed by atoms with Gasteiger partial charge in [-0.15, -0.1) is 11.3 Å². The Hall–Kier alpha value is -1.15. The molecule has 1 aromatic carbocycles. The summed E-state index contributed by atoms with van der Waals surface area (Å²) in [5, 5.41) is 4.18. The van der Waals surface area contributed by atoms with Crippen LogP contribution in [0.2, 0.25) is 0 Å². The molecule has 0 aliphatic carbocycles. The van der Waals surface area contributed by atoms with Crippen molar-refractivity contribution in [3.63, 3.8) is 0 Å². The maximum atomic E-state index is 11.6. The summed E-state index contributed by atoms with van der Waals surface area (Å²) < 4.78 is 12.8. The van der Waals surface area contributed by atoms with E-state index >= 15 is 0 Å². The van der Waals surface area contributed by atoms with Crippen molar-refractivity contribution >= 4 is 43.3 Å². The molecule has 25 heavy (non-hydrogen) atoms. The molecule has 0 saturated carbocycles. The van der Waals surface area contributed by atoms with Crippen molar-refractivity contribution in [3.8, 4) is 5.75 Å². The van der Waals surface area contributed by atoms with E-state index in [-0.39, 0.29) is 0 Å². The maximum Gasteiger partial charge on any atom is 0.262 e. The van der Waals surface area contributed by atoms with Crippen molar-refractivity contribution in [2.45, 2.75) is 26.7 Å². The molecule has 138 valence electrons. The Balaban J connectivity index is 0.000000316. The van der Waals surface area contributed by atoms with E-state index in [1.54, 1.807) is 0 Å². The fourth-order valence-corrected chi connectivity index (χ4v) is 4.22. The Morgan fingerprint density at radius 1 is 1.36 bits per heavy atom. The number of fused-ring (bicyclic) bond motifs is 1. The summed E-state index contributed by atoms with van der Waals surface area (Å²) in [6.07, 6.45) is 1.97. The molecule has 7 heteroatoms. The van der Waals surface area contributed by atoms with E-state index in [0.717, 1.165) is 53.7 Å². The van der Waals surface area contributed by atoms with Crippen LogP contribution in [0.4, 0.5) is 0 Å². The molecule has 1 aliphatic rings. The van der Waals surface area contributed by atoms with Crippen LogP contribution in [-0.2, 0) is 11.2 Å². The summed E-state index contributed by atoms with van der Waals surface area (Å²) in [5.41, 5.74) is 6.64. The average molecular weight is 429 g/mol. The molecule has 1 fully saturated rings. The van der Waals surface area contributed by atoms with Gasteiger partial charge in [-0.1, -0.05) is 29.3 Å². The van der Waals surface area contributed by atoms with Gasteiger partial charge in [0.2, 0.25) is 0 Å². The Morgan fingerprint density at radius 3 is 2.56 bits per heavy atom. The number of carbonyl (C=O) groups is 1. The normalized spacial score (nSPS) is 14.0. The fourth-order valence-electron chi connectivity index (χ4n) is 2.66. The second-order valence-corrected chi connectivity index (χ2v) is 7.48. The second kappa shape index (κ2) is 10.1. The lowest BCUT2D eigenvalue weighted by molar-refractivity contribution is 0.100. The molecule has 0 radical (unpaired) electrons. The third kappa shape index (κ3) is 5.17. The van der Waals surface area contributed by atoms with E-state index in [9.17, 15) is 4.79 Å². The fraction of sp³-hybridized carbons (Fsp3) is 0.500. The minimum absolute atomic E-state index is 0.428. The van der Waals surface area contributed by atoms with Crippen LogP contribution in [0.25, 0.3) is 10.1 Å². The average Bonchev–Trinajstić information content (AvgIpc) is 2.99. The highest BCUT2D eigenvalue weighted by Crippen LogP contribution is 2.42. The maximum absolute atomic E-state index is 11.6. The second-order valence-electron chi connectivity index (χ2n) is 5.57. The number of carbonyl (C=O) groups excluding carboxylic acids is 1. The van der Waals surface area contributed by atoms with Crippen molar-refractivity contribution in [1.82, 2.24) is 5.32 Å². The smallest absolute Gasteiger partial charge is 0.262 e. The first-order valence-corrected chi connectivity index (χ1v) is 10.2. The molecule has 5 nitrogen and oxygen atoms in total. The molecule has 0 atom stereocenters. The number of primary amides is 1. The molecule has 3 rings (SSSR count). The molecule has 1 amide bonds. The van der Waals surface area contributed by atoms with Crippen molar-refractivity contribution in [2.24, 2.45) is 5.73 Å². The number of aryl methyl sites for hydroxylation is 1. The molecule has 2 aromatic rings.